The highest BCUT2D eigenvalue weighted by molar-refractivity contribution is 5.85. The number of halogens is 4. The third kappa shape index (κ3) is 2.64. The van der Waals surface area contributed by atoms with E-state index in [1.807, 2.05) is 0 Å². The molecule has 2 fully saturated rings. The van der Waals surface area contributed by atoms with E-state index in [-0.39, 0.29) is 18.5 Å². The van der Waals surface area contributed by atoms with Crippen molar-refractivity contribution < 1.29 is 22.4 Å². The van der Waals surface area contributed by atoms with E-state index in [0.717, 1.165) is 6.21 Å². The second kappa shape index (κ2) is 5.04. The summed E-state index contributed by atoms with van der Waals surface area (Å²) in [6, 6.07) is -0.314. The van der Waals surface area contributed by atoms with E-state index in [1.54, 1.807) is 5.01 Å². The number of hydrogen-bond donors (Lipinski definition) is 0. The van der Waals surface area contributed by atoms with E-state index in [0.29, 0.717) is 19.5 Å². The van der Waals surface area contributed by atoms with Gasteiger partial charge in [-0.3, -0.25) is 14.8 Å². The molecule has 0 spiro atoms. The van der Waals surface area contributed by atoms with Gasteiger partial charge in [-0.25, -0.2) is 9.40 Å². The lowest BCUT2D eigenvalue weighted by Crippen LogP contribution is -2.45. The topological polar surface area (TPSA) is 35.9 Å². The number of allylic oxidation sites excluding steroid dienone is 1. The molecule has 8 heteroatoms. The van der Waals surface area contributed by atoms with Crippen LogP contribution in [0.3, 0.4) is 0 Å². The first kappa shape index (κ1) is 15.5. The first-order valence-electron chi connectivity index (χ1n) is 7.22. The van der Waals surface area contributed by atoms with Gasteiger partial charge in [-0.2, -0.15) is 13.2 Å². The molecule has 0 saturated carbocycles. The van der Waals surface area contributed by atoms with Gasteiger partial charge >= 0.3 is 6.18 Å². The highest BCUT2D eigenvalue weighted by atomic mass is 19.4. The zero-order chi connectivity index (χ0) is 16.1. The molecular formula is C14H17F4N3O. The normalized spacial score (nSPS) is 36.0. The van der Waals surface area contributed by atoms with Gasteiger partial charge in [0.15, 0.2) is 0 Å². The smallest absolute Gasteiger partial charge is 0.289 e. The Bertz CT molecular complexity index is 545. The maximum Gasteiger partial charge on any atom is 0.390 e. The zero-order valence-corrected chi connectivity index (χ0v) is 12.1. The SMILES string of the molecule is C[C@@]1(CC(F)(F)F)CN2CC[C@@H](C3C=C(F)C=NC3)N2C1=O. The lowest BCUT2D eigenvalue weighted by Gasteiger charge is -2.31. The average Bonchev–Trinajstić information content (AvgIpc) is 2.87. The van der Waals surface area contributed by atoms with Gasteiger partial charge in [0.25, 0.3) is 0 Å². The van der Waals surface area contributed by atoms with E-state index in [4.69, 9.17) is 0 Å². The van der Waals surface area contributed by atoms with Crippen molar-refractivity contribution >= 4 is 12.1 Å². The zero-order valence-electron chi connectivity index (χ0n) is 12.1. The lowest BCUT2D eigenvalue weighted by atomic mass is 9.85. The number of amides is 1. The summed E-state index contributed by atoms with van der Waals surface area (Å²) in [7, 11) is 0. The second-order valence-corrected chi connectivity index (χ2v) is 6.46. The molecule has 1 amide bonds. The maximum atomic E-state index is 13.3. The number of carbonyl (C=O) groups is 1. The molecule has 3 aliphatic heterocycles. The molecule has 3 aliphatic rings. The molecule has 3 atom stereocenters. The van der Waals surface area contributed by atoms with E-state index >= 15 is 0 Å². The Labute approximate surface area is 125 Å². The fraction of sp³-hybridized carbons (Fsp3) is 0.714. The molecule has 3 rings (SSSR count). The van der Waals surface area contributed by atoms with Crippen molar-refractivity contribution in [2.75, 3.05) is 19.6 Å². The minimum Gasteiger partial charge on any atom is -0.289 e. The summed E-state index contributed by atoms with van der Waals surface area (Å²) in [6.45, 7) is 2.28. The van der Waals surface area contributed by atoms with Crippen LogP contribution in [0.2, 0.25) is 0 Å². The largest absolute Gasteiger partial charge is 0.390 e. The summed E-state index contributed by atoms with van der Waals surface area (Å²) < 4.78 is 51.6. The number of nitrogens with zero attached hydrogens (tertiary/aromatic N) is 3. The van der Waals surface area contributed by atoms with Crippen LogP contribution in [0.5, 0.6) is 0 Å². The number of hydrazine groups is 1. The first-order chi connectivity index (χ1) is 10.2. The molecule has 0 bridgehead atoms. The summed E-state index contributed by atoms with van der Waals surface area (Å²) in [5.74, 6) is -1.26. The van der Waals surface area contributed by atoms with Crippen molar-refractivity contribution in [3.05, 3.63) is 11.9 Å². The van der Waals surface area contributed by atoms with Gasteiger partial charge in [-0.15, -0.1) is 0 Å². The maximum absolute atomic E-state index is 13.3. The predicted molar refractivity (Wildman–Crippen MR) is 71.6 cm³/mol. The van der Waals surface area contributed by atoms with Crippen molar-refractivity contribution in [2.45, 2.75) is 32.0 Å². The van der Waals surface area contributed by atoms with Gasteiger partial charge in [0.1, 0.15) is 5.83 Å². The van der Waals surface area contributed by atoms with Crippen LogP contribution in [0.1, 0.15) is 19.8 Å². The Kier molecular flexibility index (Phi) is 3.54. The van der Waals surface area contributed by atoms with Gasteiger partial charge < -0.3 is 0 Å². The minimum absolute atomic E-state index is 0.0596. The fourth-order valence-electron chi connectivity index (χ4n) is 3.67. The van der Waals surface area contributed by atoms with Gasteiger partial charge in [0.05, 0.1) is 24.1 Å². The Morgan fingerprint density at radius 1 is 1.45 bits per heavy atom. The average molecular weight is 319 g/mol. The highest BCUT2D eigenvalue weighted by Crippen LogP contribution is 2.44. The summed E-state index contributed by atoms with van der Waals surface area (Å²) >= 11 is 0. The fourth-order valence-corrected chi connectivity index (χ4v) is 3.67. The van der Waals surface area contributed by atoms with Crippen molar-refractivity contribution in [1.82, 2.24) is 10.0 Å². The molecule has 3 heterocycles. The minimum atomic E-state index is -4.39. The van der Waals surface area contributed by atoms with Crippen LogP contribution in [0.25, 0.3) is 0 Å². The summed E-state index contributed by atoms with van der Waals surface area (Å²) in [6.07, 6.45) is -2.36. The molecule has 0 N–H and O–H groups in total. The number of dihydropyridines is 1. The molecule has 0 aromatic rings. The second-order valence-electron chi connectivity index (χ2n) is 6.46. The number of rotatable bonds is 2. The van der Waals surface area contributed by atoms with Gasteiger partial charge in [-0.05, 0) is 19.4 Å². The first-order valence-corrected chi connectivity index (χ1v) is 7.22. The van der Waals surface area contributed by atoms with E-state index < -0.39 is 29.7 Å². The molecule has 0 aliphatic carbocycles. The van der Waals surface area contributed by atoms with Crippen molar-refractivity contribution in [1.29, 1.82) is 0 Å². The Hall–Kier alpha value is -1.44. The van der Waals surface area contributed by atoms with E-state index in [1.165, 1.54) is 18.0 Å². The van der Waals surface area contributed by atoms with Crippen molar-refractivity contribution in [2.24, 2.45) is 16.3 Å². The van der Waals surface area contributed by atoms with Gasteiger partial charge in [0, 0.05) is 25.6 Å². The quantitative estimate of drug-likeness (QED) is 0.733. The van der Waals surface area contributed by atoms with Crippen LogP contribution in [0, 0.1) is 11.3 Å². The van der Waals surface area contributed by atoms with Crippen LogP contribution in [-0.4, -0.2) is 54.0 Å². The van der Waals surface area contributed by atoms with Gasteiger partial charge in [-0.1, -0.05) is 0 Å². The van der Waals surface area contributed by atoms with E-state index in [9.17, 15) is 22.4 Å². The Morgan fingerprint density at radius 2 is 2.18 bits per heavy atom. The predicted octanol–water partition coefficient (Wildman–Crippen LogP) is 2.33. The van der Waals surface area contributed by atoms with Crippen molar-refractivity contribution in [3.8, 4) is 0 Å². The van der Waals surface area contributed by atoms with Crippen LogP contribution >= 0.6 is 0 Å². The molecule has 4 nitrogen and oxygen atoms in total. The lowest BCUT2D eigenvalue weighted by molar-refractivity contribution is -0.166. The molecule has 0 aromatic heterocycles. The highest BCUT2D eigenvalue weighted by Gasteiger charge is 2.57. The van der Waals surface area contributed by atoms with Crippen LogP contribution in [0.4, 0.5) is 17.6 Å². The summed E-state index contributed by atoms with van der Waals surface area (Å²) in [4.78, 5) is 16.5. The number of aliphatic imine (C=N–C) groups is 1. The summed E-state index contributed by atoms with van der Waals surface area (Å²) in [5, 5.41) is 3.09. The number of hydrogen-bond acceptors (Lipinski definition) is 3. The number of fused-ring (bicyclic) bond motifs is 1. The number of carbonyl (C=O) groups excluding carboxylic acids is 1. The monoisotopic (exact) mass is 319 g/mol. The standard InChI is InChI=1S/C14H17F4N3O/c1-13(7-14(16,17)18)8-20-3-2-11(21(20)12(13)22)9-4-10(15)6-19-5-9/h4,6,9,11H,2-3,5,7-8H2,1H3/t9?,11-,13+/m0/s1. The Balaban J connectivity index is 1.80. The van der Waals surface area contributed by atoms with Gasteiger partial charge in [0.2, 0.25) is 5.91 Å². The Morgan fingerprint density at radius 3 is 2.82 bits per heavy atom. The molecule has 0 aromatic carbocycles. The van der Waals surface area contributed by atoms with Crippen LogP contribution in [0.15, 0.2) is 16.9 Å². The third-order valence-corrected chi connectivity index (χ3v) is 4.55. The third-order valence-electron chi connectivity index (χ3n) is 4.55. The van der Waals surface area contributed by atoms with E-state index in [2.05, 4.69) is 4.99 Å². The molecule has 22 heavy (non-hydrogen) atoms. The summed E-state index contributed by atoms with van der Waals surface area (Å²) in [5.41, 5.74) is -1.46. The van der Waals surface area contributed by atoms with Crippen LogP contribution in [-0.2, 0) is 4.79 Å². The molecule has 0 radical (unpaired) electrons. The molecule has 2 saturated heterocycles. The van der Waals surface area contributed by atoms with Crippen molar-refractivity contribution in [3.63, 3.8) is 0 Å². The molecule has 1 unspecified atom stereocenters. The van der Waals surface area contributed by atoms with Crippen LogP contribution < -0.4 is 0 Å². The number of alkyl halides is 3. The molecule has 122 valence electrons. The molecular weight excluding hydrogens is 302 g/mol.